The van der Waals surface area contributed by atoms with Crippen molar-refractivity contribution in [3.8, 4) is 0 Å². The van der Waals surface area contributed by atoms with Crippen molar-refractivity contribution in [2.24, 2.45) is 0 Å². The summed E-state index contributed by atoms with van der Waals surface area (Å²) in [5, 5.41) is 0.645. The minimum Gasteiger partial charge on any atom is -0.399 e. The zero-order valence-corrected chi connectivity index (χ0v) is 16.2. The highest BCUT2D eigenvalue weighted by Gasteiger charge is 2.32. The van der Waals surface area contributed by atoms with Gasteiger partial charge in [-0.05, 0) is 42.5 Å². The monoisotopic (exact) mass is 400 g/mol. The van der Waals surface area contributed by atoms with Crippen LogP contribution in [0, 0.1) is 0 Å². The summed E-state index contributed by atoms with van der Waals surface area (Å²) in [6.07, 6.45) is 0. The lowest BCUT2D eigenvalue weighted by atomic mass is 10.2. The number of rotatable bonds is 2. The minimum atomic E-state index is -0.867. The number of carbonyl (C=O) groups is 3. The molecule has 2 aromatic carbocycles. The van der Waals surface area contributed by atoms with Gasteiger partial charge in [0.1, 0.15) is 0 Å². The Hall–Kier alpha value is -3.06. The highest BCUT2D eigenvalue weighted by molar-refractivity contribution is 6.45. The van der Waals surface area contributed by atoms with Gasteiger partial charge in [0.25, 0.3) is 0 Å². The molecular formula is C20H21ClN4O3. The molecule has 0 spiro atoms. The molecule has 2 aromatic rings. The van der Waals surface area contributed by atoms with Gasteiger partial charge in [-0.25, -0.2) is 4.90 Å². The summed E-state index contributed by atoms with van der Waals surface area (Å²) in [5.41, 5.74) is 7.44. The maximum atomic E-state index is 12.7. The van der Waals surface area contributed by atoms with Crippen LogP contribution in [0.15, 0.2) is 48.5 Å². The molecule has 1 saturated heterocycles. The number of nitrogens with two attached hydrogens (primary N) is 1. The van der Waals surface area contributed by atoms with E-state index in [1.165, 1.54) is 11.8 Å². The number of carbonyl (C=O) groups excluding carboxylic acids is 3. The van der Waals surface area contributed by atoms with Gasteiger partial charge in [-0.3, -0.25) is 14.4 Å². The number of amides is 3. The molecular weight excluding hydrogens is 380 g/mol. The first-order valence-corrected chi connectivity index (χ1v) is 9.24. The van der Waals surface area contributed by atoms with Gasteiger partial charge in [0.05, 0.1) is 5.69 Å². The molecule has 146 valence electrons. The Morgan fingerprint density at radius 2 is 1.64 bits per heavy atom. The lowest BCUT2D eigenvalue weighted by Gasteiger charge is -2.36. The lowest BCUT2D eigenvalue weighted by Crippen LogP contribution is -2.54. The van der Waals surface area contributed by atoms with E-state index in [-0.39, 0.29) is 0 Å². The average molecular weight is 401 g/mol. The fourth-order valence-electron chi connectivity index (χ4n) is 3.14. The Morgan fingerprint density at radius 3 is 2.21 bits per heavy atom. The molecule has 0 saturated carbocycles. The van der Waals surface area contributed by atoms with E-state index in [1.54, 1.807) is 30.3 Å². The lowest BCUT2D eigenvalue weighted by molar-refractivity contribution is -0.145. The van der Waals surface area contributed by atoms with Crippen LogP contribution in [-0.2, 0) is 14.4 Å². The van der Waals surface area contributed by atoms with Gasteiger partial charge in [-0.15, -0.1) is 0 Å². The Balaban J connectivity index is 1.68. The van der Waals surface area contributed by atoms with E-state index in [4.69, 9.17) is 17.3 Å². The maximum Gasteiger partial charge on any atom is 0.323 e. The molecule has 1 fully saturated rings. The van der Waals surface area contributed by atoms with Crippen molar-refractivity contribution in [2.75, 3.05) is 41.7 Å². The number of hydrogen-bond acceptors (Lipinski definition) is 5. The molecule has 3 amide bonds. The van der Waals surface area contributed by atoms with E-state index >= 15 is 0 Å². The Kier molecular flexibility index (Phi) is 5.84. The second kappa shape index (κ2) is 8.31. The minimum absolute atomic E-state index is 0.317. The van der Waals surface area contributed by atoms with E-state index in [0.717, 1.165) is 10.6 Å². The Bertz CT molecular complexity index is 893. The van der Waals surface area contributed by atoms with Crippen molar-refractivity contribution >= 4 is 46.4 Å². The second-order valence-electron chi connectivity index (χ2n) is 6.51. The number of halogens is 1. The van der Waals surface area contributed by atoms with Gasteiger partial charge in [-0.2, -0.15) is 0 Å². The molecule has 0 aromatic heterocycles. The van der Waals surface area contributed by atoms with Gasteiger partial charge >= 0.3 is 11.8 Å². The number of anilines is 3. The molecule has 1 aliphatic heterocycles. The molecule has 0 atom stereocenters. The number of piperazine rings is 1. The molecule has 3 rings (SSSR count). The highest BCUT2D eigenvalue weighted by atomic mass is 35.5. The molecule has 8 heteroatoms. The summed E-state index contributed by atoms with van der Waals surface area (Å²) in [5.74, 6) is -2.09. The number of imide groups is 1. The van der Waals surface area contributed by atoms with Crippen molar-refractivity contribution in [3.05, 3.63) is 53.6 Å². The third-order valence-corrected chi connectivity index (χ3v) is 4.83. The molecule has 2 N–H and O–H groups in total. The summed E-state index contributed by atoms with van der Waals surface area (Å²) in [6, 6.07) is 13.7. The topological polar surface area (TPSA) is 87.0 Å². The molecule has 0 aliphatic carbocycles. The van der Waals surface area contributed by atoms with Crippen molar-refractivity contribution < 1.29 is 14.4 Å². The first-order valence-electron chi connectivity index (χ1n) is 8.87. The van der Waals surface area contributed by atoms with Crippen LogP contribution in [0.2, 0.25) is 5.02 Å². The summed E-state index contributed by atoms with van der Waals surface area (Å²) in [6.45, 7) is 3.15. The quantitative estimate of drug-likeness (QED) is 0.616. The Morgan fingerprint density at radius 1 is 1.00 bits per heavy atom. The van der Waals surface area contributed by atoms with Crippen LogP contribution < -0.4 is 15.5 Å². The van der Waals surface area contributed by atoms with E-state index in [2.05, 4.69) is 4.90 Å². The van der Waals surface area contributed by atoms with Crippen molar-refractivity contribution in [2.45, 2.75) is 6.92 Å². The van der Waals surface area contributed by atoms with Crippen LogP contribution in [0.4, 0.5) is 17.1 Å². The second-order valence-corrected chi connectivity index (χ2v) is 6.95. The SMILES string of the molecule is CC(=O)N(C(=O)C(=O)N1CCN(c2cccc(Cl)c2)CC1)c1ccc(N)cc1. The third kappa shape index (κ3) is 4.26. The van der Waals surface area contributed by atoms with Crippen LogP contribution in [0.5, 0.6) is 0 Å². The summed E-state index contributed by atoms with van der Waals surface area (Å²) in [4.78, 5) is 41.9. The molecule has 1 aliphatic rings. The summed E-state index contributed by atoms with van der Waals surface area (Å²) >= 11 is 6.04. The predicted molar refractivity (Wildman–Crippen MR) is 109 cm³/mol. The maximum absolute atomic E-state index is 12.7. The van der Waals surface area contributed by atoms with Crippen molar-refractivity contribution in [1.82, 2.24) is 4.90 Å². The predicted octanol–water partition coefficient (Wildman–Crippen LogP) is 2.15. The van der Waals surface area contributed by atoms with Gasteiger partial charge < -0.3 is 15.5 Å². The van der Waals surface area contributed by atoms with E-state index in [0.29, 0.717) is 42.6 Å². The van der Waals surface area contributed by atoms with Crippen LogP contribution in [0.25, 0.3) is 0 Å². The van der Waals surface area contributed by atoms with Crippen LogP contribution >= 0.6 is 11.6 Å². The molecule has 28 heavy (non-hydrogen) atoms. The first-order chi connectivity index (χ1) is 13.4. The zero-order valence-electron chi connectivity index (χ0n) is 15.5. The van der Waals surface area contributed by atoms with Crippen LogP contribution in [0.3, 0.4) is 0 Å². The average Bonchev–Trinajstić information content (AvgIpc) is 2.69. The number of hydrogen-bond donors (Lipinski definition) is 1. The van der Waals surface area contributed by atoms with E-state index in [1.807, 2.05) is 18.2 Å². The fraction of sp³-hybridized carbons (Fsp3) is 0.250. The number of nitrogen functional groups attached to an aromatic ring is 1. The van der Waals surface area contributed by atoms with Gasteiger partial charge in [0.15, 0.2) is 0 Å². The summed E-state index contributed by atoms with van der Waals surface area (Å²) in [7, 11) is 0. The number of nitrogens with zero attached hydrogens (tertiary/aromatic N) is 3. The standard InChI is InChI=1S/C20H21ClN4O3/c1-14(26)25(17-7-5-16(22)6-8-17)20(28)19(27)24-11-9-23(10-12-24)18-4-2-3-15(21)13-18/h2-8,13H,9-12,22H2,1H3. The van der Waals surface area contributed by atoms with Gasteiger partial charge in [0, 0.05) is 49.5 Å². The normalized spacial score (nSPS) is 13.9. The van der Waals surface area contributed by atoms with E-state index < -0.39 is 17.7 Å². The van der Waals surface area contributed by atoms with Crippen molar-refractivity contribution in [3.63, 3.8) is 0 Å². The molecule has 0 radical (unpaired) electrons. The fourth-order valence-corrected chi connectivity index (χ4v) is 3.32. The zero-order chi connectivity index (χ0) is 20.3. The van der Waals surface area contributed by atoms with Gasteiger partial charge in [0.2, 0.25) is 5.91 Å². The Labute approximate surface area is 168 Å². The van der Waals surface area contributed by atoms with E-state index in [9.17, 15) is 14.4 Å². The highest BCUT2D eigenvalue weighted by Crippen LogP contribution is 2.22. The largest absolute Gasteiger partial charge is 0.399 e. The molecule has 1 heterocycles. The van der Waals surface area contributed by atoms with Gasteiger partial charge in [-0.1, -0.05) is 17.7 Å². The summed E-state index contributed by atoms with van der Waals surface area (Å²) < 4.78 is 0. The molecule has 7 nitrogen and oxygen atoms in total. The number of benzene rings is 2. The third-order valence-electron chi connectivity index (χ3n) is 4.59. The molecule has 0 bridgehead atoms. The van der Waals surface area contributed by atoms with Crippen LogP contribution in [-0.4, -0.2) is 48.8 Å². The molecule has 0 unspecified atom stereocenters. The smallest absolute Gasteiger partial charge is 0.323 e. The van der Waals surface area contributed by atoms with Crippen LogP contribution in [0.1, 0.15) is 6.92 Å². The first kappa shape index (κ1) is 19.7. The van der Waals surface area contributed by atoms with Crippen molar-refractivity contribution in [1.29, 1.82) is 0 Å².